The normalized spacial score (nSPS) is 10.5. The number of H-pyrrole nitrogens is 1. The number of halogens is 1. The van der Waals surface area contributed by atoms with Gasteiger partial charge in [-0.05, 0) is 42.8 Å². The highest BCUT2D eigenvalue weighted by Gasteiger charge is 2.14. The summed E-state index contributed by atoms with van der Waals surface area (Å²) in [7, 11) is 1.60. The number of aromatic amines is 1. The summed E-state index contributed by atoms with van der Waals surface area (Å²) in [6.45, 7) is 2.83. The van der Waals surface area contributed by atoms with Crippen LogP contribution in [0.4, 0.5) is 14.9 Å². The lowest BCUT2D eigenvalue weighted by molar-refractivity contribution is 0.212. The Kier molecular flexibility index (Phi) is 5.71. The highest BCUT2D eigenvalue weighted by atomic mass is 19.1. The van der Waals surface area contributed by atoms with Crippen LogP contribution in [0.15, 0.2) is 54.9 Å². The highest BCUT2D eigenvalue weighted by molar-refractivity contribution is 5.89. The molecule has 3 aromatic rings. The van der Waals surface area contributed by atoms with Crippen molar-refractivity contribution in [3.63, 3.8) is 0 Å². The lowest BCUT2D eigenvalue weighted by Crippen LogP contribution is -2.34. The summed E-state index contributed by atoms with van der Waals surface area (Å²) in [6.07, 6.45) is 3.16. The zero-order valence-corrected chi connectivity index (χ0v) is 15.2. The number of carbonyl (C=O) groups is 1. The maximum atomic E-state index is 14.4. The van der Waals surface area contributed by atoms with Crippen LogP contribution in [0, 0.1) is 5.82 Å². The van der Waals surface area contributed by atoms with Gasteiger partial charge in [-0.1, -0.05) is 12.1 Å². The average molecular weight is 368 g/mol. The first-order valence-corrected chi connectivity index (χ1v) is 8.58. The quantitative estimate of drug-likeness (QED) is 0.682. The smallest absolute Gasteiger partial charge is 0.322 e. The molecule has 1 heterocycles. The molecule has 0 radical (unpaired) electrons. The van der Waals surface area contributed by atoms with Gasteiger partial charge in [-0.3, -0.25) is 5.10 Å². The molecule has 0 aliphatic carbocycles. The van der Waals surface area contributed by atoms with Gasteiger partial charge in [0.25, 0.3) is 0 Å². The molecule has 0 unspecified atom stereocenters. The van der Waals surface area contributed by atoms with Crippen molar-refractivity contribution < 1.29 is 13.9 Å². The molecule has 0 spiro atoms. The van der Waals surface area contributed by atoms with E-state index in [4.69, 9.17) is 4.74 Å². The fraction of sp³-hybridized carbons (Fsp3) is 0.200. The minimum Gasteiger partial charge on any atom is -0.497 e. The summed E-state index contributed by atoms with van der Waals surface area (Å²) in [5.74, 6) is 0.311. The molecule has 2 N–H and O–H groups in total. The molecule has 27 heavy (non-hydrogen) atoms. The highest BCUT2D eigenvalue weighted by Crippen LogP contribution is 2.24. The van der Waals surface area contributed by atoms with Crippen LogP contribution in [0.3, 0.4) is 0 Å². The van der Waals surface area contributed by atoms with Gasteiger partial charge in [0, 0.05) is 36.1 Å². The molecular weight excluding hydrogens is 347 g/mol. The monoisotopic (exact) mass is 368 g/mol. The maximum Gasteiger partial charge on any atom is 0.322 e. The van der Waals surface area contributed by atoms with E-state index in [-0.39, 0.29) is 6.03 Å². The van der Waals surface area contributed by atoms with E-state index in [0.717, 1.165) is 11.3 Å². The number of benzene rings is 2. The van der Waals surface area contributed by atoms with E-state index >= 15 is 0 Å². The summed E-state index contributed by atoms with van der Waals surface area (Å²) in [4.78, 5) is 14.2. The molecule has 0 atom stereocenters. The third-order valence-corrected chi connectivity index (χ3v) is 4.21. The summed E-state index contributed by atoms with van der Waals surface area (Å²) in [6, 6.07) is 11.8. The lowest BCUT2D eigenvalue weighted by atomic mass is 10.1. The summed E-state index contributed by atoms with van der Waals surface area (Å²) in [5.41, 5.74) is 2.42. The van der Waals surface area contributed by atoms with Gasteiger partial charge in [0.15, 0.2) is 0 Å². The first-order chi connectivity index (χ1) is 13.1. The van der Waals surface area contributed by atoms with Crippen LogP contribution in [0.5, 0.6) is 5.75 Å². The van der Waals surface area contributed by atoms with E-state index < -0.39 is 5.82 Å². The third kappa shape index (κ3) is 4.44. The Hall–Kier alpha value is -3.35. The van der Waals surface area contributed by atoms with Gasteiger partial charge in [-0.2, -0.15) is 5.10 Å². The molecule has 0 saturated carbocycles. The minimum atomic E-state index is -0.426. The Labute approximate surface area is 157 Å². The SMILES string of the molecule is CCN(Cc1cccc(OC)c1)C(=O)Nc1ccc(-c2cn[nH]c2)c(F)c1. The lowest BCUT2D eigenvalue weighted by Gasteiger charge is -2.22. The molecule has 140 valence electrons. The zero-order valence-electron chi connectivity index (χ0n) is 15.2. The van der Waals surface area contributed by atoms with Crippen LogP contribution in [0.1, 0.15) is 12.5 Å². The molecule has 0 aliphatic heterocycles. The topological polar surface area (TPSA) is 70.2 Å². The number of carbonyl (C=O) groups excluding carboxylic acids is 1. The Morgan fingerprint density at radius 3 is 2.81 bits per heavy atom. The number of hydrogen-bond acceptors (Lipinski definition) is 3. The fourth-order valence-corrected chi connectivity index (χ4v) is 2.75. The van der Waals surface area contributed by atoms with Crippen molar-refractivity contribution in [1.82, 2.24) is 15.1 Å². The standard InChI is InChI=1S/C20H21FN4O2/c1-3-25(13-14-5-4-6-17(9-14)27-2)20(26)24-16-7-8-18(19(21)10-16)15-11-22-23-12-15/h4-12H,3,13H2,1-2H3,(H,22,23)(H,24,26). The van der Waals surface area contributed by atoms with Crippen LogP contribution in [0.25, 0.3) is 11.1 Å². The molecule has 0 fully saturated rings. The van der Waals surface area contributed by atoms with E-state index in [2.05, 4.69) is 15.5 Å². The van der Waals surface area contributed by atoms with Gasteiger partial charge in [0.1, 0.15) is 11.6 Å². The predicted octanol–water partition coefficient (Wildman–Crippen LogP) is 4.28. The molecule has 3 rings (SSSR count). The molecule has 2 amide bonds. The van der Waals surface area contributed by atoms with Crippen LogP contribution >= 0.6 is 0 Å². The number of rotatable bonds is 6. The Bertz CT molecular complexity index is 912. The molecule has 6 nitrogen and oxygen atoms in total. The molecule has 2 aromatic carbocycles. The number of methoxy groups -OCH3 is 1. The fourth-order valence-electron chi connectivity index (χ4n) is 2.75. The van der Waals surface area contributed by atoms with Crippen LogP contribution in [-0.4, -0.2) is 34.8 Å². The summed E-state index contributed by atoms with van der Waals surface area (Å²) >= 11 is 0. The Balaban J connectivity index is 1.70. The van der Waals surface area contributed by atoms with E-state index in [1.54, 1.807) is 36.5 Å². The largest absolute Gasteiger partial charge is 0.497 e. The number of nitrogens with zero attached hydrogens (tertiary/aromatic N) is 2. The van der Waals surface area contributed by atoms with Crippen molar-refractivity contribution in [3.8, 4) is 16.9 Å². The molecule has 1 aromatic heterocycles. The Morgan fingerprint density at radius 1 is 1.30 bits per heavy atom. The molecule has 0 saturated heterocycles. The third-order valence-electron chi connectivity index (χ3n) is 4.21. The molecular formula is C20H21FN4O2. The van der Waals surface area contributed by atoms with Crippen LogP contribution < -0.4 is 10.1 Å². The number of nitrogens with one attached hydrogen (secondary N) is 2. The van der Waals surface area contributed by atoms with Crippen molar-refractivity contribution in [2.45, 2.75) is 13.5 Å². The van der Waals surface area contributed by atoms with Gasteiger partial charge in [0.05, 0.1) is 13.3 Å². The van der Waals surface area contributed by atoms with E-state index in [1.807, 2.05) is 31.2 Å². The average Bonchev–Trinajstić information content (AvgIpc) is 3.20. The van der Waals surface area contributed by atoms with E-state index in [1.165, 1.54) is 6.07 Å². The Morgan fingerprint density at radius 2 is 2.15 bits per heavy atom. The number of anilines is 1. The van der Waals surface area contributed by atoms with Gasteiger partial charge in [0.2, 0.25) is 0 Å². The van der Waals surface area contributed by atoms with Gasteiger partial charge < -0.3 is 15.0 Å². The number of urea groups is 1. The molecule has 0 bridgehead atoms. The van der Waals surface area contributed by atoms with Gasteiger partial charge in [-0.15, -0.1) is 0 Å². The number of ether oxygens (including phenoxy) is 1. The second kappa shape index (κ2) is 8.35. The van der Waals surface area contributed by atoms with Crippen LogP contribution in [-0.2, 0) is 6.54 Å². The predicted molar refractivity (Wildman–Crippen MR) is 102 cm³/mol. The van der Waals surface area contributed by atoms with Gasteiger partial charge >= 0.3 is 6.03 Å². The summed E-state index contributed by atoms with van der Waals surface area (Å²) in [5, 5.41) is 9.22. The van der Waals surface area contributed by atoms with Crippen LogP contribution in [0.2, 0.25) is 0 Å². The van der Waals surface area contributed by atoms with Crippen molar-refractivity contribution in [2.75, 3.05) is 19.0 Å². The number of amides is 2. The van der Waals surface area contributed by atoms with E-state index in [0.29, 0.717) is 29.9 Å². The molecule has 7 heteroatoms. The second-order valence-corrected chi connectivity index (χ2v) is 5.98. The zero-order chi connectivity index (χ0) is 19.2. The number of hydrogen-bond donors (Lipinski definition) is 2. The summed E-state index contributed by atoms with van der Waals surface area (Å²) < 4.78 is 19.6. The van der Waals surface area contributed by atoms with Crippen molar-refractivity contribution in [2.24, 2.45) is 0 Å². The van der Waals surface area contributed by atoms with Crippen molar-refractivity contribution in [3.05, 3.63) is 66.2 Å². The maximum absolute atomic E-state index is 14.4. The minimum absolute atomic E-state index is 0.296. The van der Waals surface area contributed by atoms with E-state index in [9.17, 15) is 9.18 Å². The first kappa shape index (κ1) is 18.4. The molecule has 0 aliphatic rings. The second-order valence-electron chi connectivity index (χ2n) is 5.98. The van der Waals surface area contributed by atoms with Crippen molar-refractivity contribution in [1.29, 1.82) is 0 Å². The van der Waals surface area contributed by atoms with Crippen molar-refractivity contribution >= 4 is 11.7 Å². The first-order valence-electron chi connectivity index (χ1n) is 8.58. The number of aromatic nitrogens is 2. The van der Waals surface area contributed by atoms with Gasteiger partial charge in [-0.25, -0.2) is 9.18 Å².